The summed E-state index contributed by atoms with van der Waals surface area (Å²) in [7, 11) is 0. The molecule has 0 saturated heterocycles. The van der Waals surface area contributed by atoms with Gasteiger partial charge >= 0.3 is 0 Å². The second kappa shape index (κ2) is 6.74. The van der Waals surface area contributed by atoms with Crippen molar-refractivity contribution in [3.8, 4) is 0 Å². The van der Waals surface area contributed by atoms with Crippen molar-refractivity contribution in [1.82, 2.24) is 5.32 Å². The molecule has 2 aromatic carbocycles. The highest BCUT2D eigenvalue weighted by atomic mass is 16.3. The maximum atomic E-state index is 12.8. The van der Waals surface area contributed by atoms with Crippen LogP contribution in [0.15, 0.2) is 42.5 Å². The van der Waals surface area contributed by atoms with Gasteiger partial charge in [0.1, 0.15) is 0 Å². The molecule has 0 fully saturated rings. The summed E-state index contributed by atoms with van der Waals surface area (Å²) < 4.78 is 0. The Morgan fingerprint density at radius 2 is 1.58 bits per heavy atom. The zero-order valence-corrected chi connectivity index (χ0v) is 12.8. The number of amides is 1. The lowest BCUT2D eigenvalue weighted by Gasteiger charge is -2.20. The Labute approximate surface area is 138 Å². The van der Waals surface area contributed by atoms with E-state index in [1.54, 1.807) is 42.5 Å². The van der Waals surface area contributed by atoms with Crippen LogP contribution in [0.3, 0.4) is 0 Å². The number of ketones is 2. The first-order valence-electron chi connectivity index (χ1n) is 7.56. The molecule has 1 aliphatic carbocycles. The number of rotatable bonds is 5. The smallest absolute Gasteiger partial charge is 0.238 e. The number of fused-ring (bicyclic) bond motifs is 2. The van der Waals surface area contributed by atoms with E-state index < -0.39 is 0 Å². The van der Waals surface area contributed by atoms with Gasteiger partial charge in [-0.25, -0.2) is 0 Å². The number of hydrogen-bond acceptors (Lipinski definition) is 5. The quantitative estimate of drug-likeness (QED) is 0.608. The van der Waals surface area contributed by atoms with Gasteiger partial charge in [0.2, 0.25) is 5.91 Å². The van der Waals surface area contributed by atoms with Crippen molar-refractivity contribution in [2.45, 2.75) is 0 Å². The molecule has 122 valence electrons. The Morgan fingerprint density at radius 3 is 2.29 bits per heavy atom. The Bertz CT molecular complexity index is 830. The molecule has 3 N–H and O–H groups in total. The van der Waals surface area contributed by atoms with Crippen LogP contribution in [0.4, 0.5) is 5.69 Å². The molecule has 6 heteroatoms. The summed E-state index contributed by atoms with van der Waals surface area (Å²) >= 11 is 0. The third kappa shape index (κ3) is 2.84. The summed E-state index contributed by atoms with van der Waals surface area (Å²) in [6.07, 6.45) is 0. The number of aliphatic hydroxyl groups is 1. The summed E-state index contributed by atoms with van der Waals surface area (Å²) in [4.78, 5) is 37.3. The molecule has 0 atom stereocenters. The van der Waals surface area contributed by atoms with Gasteiger partial charge < -0.3 is 15.7 Å². The van der Waals surface area contributed by atoms with Crippen LogP contribution in [0.25, 0.3) is 0 Å². The molecule has 0 aromatic heterocycles. The molecule has 0 aliphatic heterocycles. The zero-order chi connectivity index (χ0) is 17.1. The summed E-state index contributed by atoms with van der Waals surface area (Å²) in [6.45, 7) is 0.228. The number of nitrogens with one attached hydrogen (secondary N) is 2. The first-order chi connectivity index (χ1) is 11.6. The second-order valence-electron chi connectivity index (χ2n) is 5.38. The predicted octanol–water partition coefficient (Wildman–Crippen LogP) is 0.982. The molecule has 3 rings (SSSR count). The predicted molar refractivity (Wildman–Crippen MR) is 88.3 cm³/mol. The van der Waals surface area contributed by atoms with Gasteiger partial charge in [-0.15, -0.1) is 0 Å². The van der Waals surface area contributed by atoms with Gasteiger partial charge in [-0.05, 0) is 6.07 Å². The normalized spacial score (nSPS) is 12.5. The van der Waals surface area contributed by atoms with Gasteiger partial charge in [0.05, 0.1) is 24.4 Å². The third-order valence-corrected chi connectivity index (χ3v) is 3.80. The molecule has 6 nitrogen and oxygen atoms in total. The summed E-state index contributed by atoms with van der Waals surface area (Å²) in [5, 5.41) is 14.1. The van der Waals surface area contributed by atoms with Crippen LogP contribution in [0, 0.1) is 0 Å². The molecule has 0 unspecified atom stereocenters. The standard InChI is InChI=1S/C18H16N2O4/c21-9-8-19-10-15(22)20-14-7-3-6-13-16(14)18(24)12-5-2-1-4-11(12)17(13)23/h1-7,19,21H,8-10H2,(H,20,22). The number of benzene rings is 2. The van der Waals surface area contributed by atoms with Gasteiger partial charge in [-0.2, -0.15) is 0 Å². The van der Waals surface area contributed by atoms with Crippen LogP contribution in [0.1, 0.15) is 31.8 Å². The molecule has 0 radical (unpaired) electrons. The highest BCUT2D eigenvalue weighted by Gasteiger charge is 2.31. The second-order valence-corrected chi connectivity index (χ2v) is 5.38. The number of hydrogen-bond donors (Lipinski definition) is 3. The lowest BCUT2D eigenvalue weighted by Crippen LogP contribution is -2.31. The van der Waals surface area contributed by atoms with Crippen molar-refractivity contribution < 1.29 is 19.5 Å². The largest absolute Gasteiger partial charge is 0.395 e. The Morgan fingerprint density at radius 1 is 0.917 bits per heavy atom. The van der Waals surface area contributed by atoms with E-state index >= 15 is 0 Å². The van der Waals surface area contributed by atoms with Crippen LogP contribution < -0.4 is 10.6 Å². The van der Waals surface area contributed by atoms with Gasteiger partial charge in [0.15, 0.2) is 11.6 Å². The third-order valence-electron chi connectivity index (χ3n) is 3.80. The molecule has 0 bridgehead atoms. The van der Waals surface area contributed by atoms with Crippen molar-refractivity contribution in [2.75, 3.05) is 25.0 Å². The Hall–Kier alpha value is -2.83. The van der Waals surface area contributed by atoms with Gasteiger partial charge in [0, 0.05) is 23.2 Å². The molecule has 0 saturated carbocycles. The number of anilines is 1. The SMILES string of the molecule is O=C(CNCCO)Nc1cccc2c1C(=O)c1ccccc1C2=O. The van der Waals surface area contributed by atoms with Crippen LogP contribution in [-0.2, 0) is 4.79 Å². The number of carbonyl (C=O) groups is 3. The zero-order valence-electron chi connectivity index (χ0n) is 12.8. The fourth-order valence-electron chi connectivity index (χ4n) is 2.72. The van der Waals surface area contributed by atoms with Crippen LogP contribution in [-0.4, -0.2) is 42.3 Å². The van der Waals surface area contributed by atoms with Gasteiger partial charge in [-0.1, -0.05) is 36.4 Å². The average Bonchev–Trinajstić information content (AvgIpc) is 2.60. The Balaban J connectivity index is 1.94. The maximum absolute atomic E-state index is 12.8. The molecular formula is C18H16N2O4. The van der Waals surface area contributed by atoms with Crippen molar-refractivity contribution in [3.63, 3.8) is 0 Å². The molecule has 0 heterocycles. The number of aliphatic hydroxyl groups excluding tert-OH is 1. The van der Waals surface area contributed by atoms with Crippen molar-refractivity contribution >= 4 is 23.2 Å². The minimum Gasteiger partial charge on any atom is -0.395 e. The molecular weight excluding hydrogens is 308 g/mol. The van der Waals surface area contributed by atoms with Crippen LogP contribution in [0.5, 0.6) is 0 Å². The van der Waals surface area contributed by atoms with Crippen LogP contribution >= 0.6 is 0 Å². The lowest BCUT2D eigenvalue weighted by atomic mass is 9.83. The van der Waals surface area contributed by atoms with Crippen molar-refractivity contribution in [1.29, 1.82) is 0 Å². The van der Waals surface area contributed by atoms with E-state index in [0.29, 0.717) is 28.9 Å². The molecule has 0 spiro atoms. The number of carbonyl (C=O) groups excluding carboxylic acids is 3. The fraction of sp³-hybridized carbons (Fsp3) is 0.167. The topological polar surface area (TPSA) is 95.5 Å². The minimum absolute atomic E-state index is 0.00293. The van der Waals surface area contributed by atoms with E-state index in [2.05, 4.69) is 10.6 Å². The summed E-state index contributed by atoms with van der Waals surface area (Å²) in [5.74, 6) is -0.856. The average molecular weight is 324 g/mol. The van der Waals surface area contributed by atoms with E-state index in [4.69, 9.17) is 5.11 Å². The maximum Gasteiger partial charge on any atom is 0.238 e. The monoisotopic (exact) mass is 324 g/mol. The lowest BCUT2D eigenvalue weighted by molar-refractivity contribution is -0.115. The van der Waals surface area contributed by atoms with E-state index in [1.165, 1.54) is 0 Å². The van der Waals surface area contributed by atoms with Crippen LogP contribution in [0.2, 0.25) is 0 Å². The fourth-order valence-corrected chi connectivity index (χ4v) is 2.72. The first kappa shape index (κ1) is 16.0. The molecule has 1 amide bonds. The van der Waals surface area contributed by atoms with E-state index in [9.17, 15) is 14.4 Å². The van der Waals surface area contributed by atoms with E-state index in [1.807, 2.05) is 0 Å². The molecule has 24 heavy (non-hydrogen) atoms. The van der Waals surface area contributed by atoms with E-state index in [0.717, 1.165) is 0 Å². The Kier molecular flexibility index (Phi) is 4.50. The summed E-state index contributed by atoms with van der Waals surface area (Å²) in [5.41, 5.74) is 1.55. The van der Waals surface area contributed by atoms with Gasteiger partial charge in [-0.3, -0.25) is 14.4 Å². The highest BCUT2D eigenvalue weighted by Crippen LogP contribution is 2.31. The highest BCUT2D eigenvalue weighted by molar-refractivity contribution is 6.30. The first-order valence-corrected chi connectivity index (χ1v) is 7.56. The molecule has 1 aliphatic rings. The minimum atomic E-state index is -0.351. The molecule has 2 aromatic rings. The summed E-state index contributed by atoms with van der Waals surface area (Å²) in [6, 6.07) is 11.5. The van der Waals surface area contributed by atoms with E-state index in [-0.39, 0.29) is 36.2 Å². The van der Waals surface area contributed by atoms with Gasteiger partial charge in [0.25, 0.3) is 0 Å². The van der Waals surface area contributed by atoms with Crippen molar-refractivity contribution in [2.24, 2.45) is 0 Å². The van der Waals surface area contributed by atoms with Crippen molar-refractivity contribution in [3.05, 3.63) is 64.7 Å².